The number of ether oxygens (including phenoxy) is 1. The third-order valence-corrected chi connectivity index (χ3v) is 3.99. The highest BCUT2D eigenvalue weighted by Gasteiger charge is 2.13. The zero-order valence-corrected chi connectivity index (χ0v) is 13.2. The van der Waals surface area contributed by atoms with E-state index in [1.807, 2.05) is 18.3 Å². The second kappa shape index (κ2) is 6.55. The maximum Gasteiger partial charge on any atom is 0.269 e. The van der Waals surface area contributed by atoms with Crippen LogP contribution >= 0.6 is 15.9 Å². The van der Waals surface area contributed by atoms with E-state index in [9.17, 15) is 4.79 Å². The number of hydrogen-bond acceptors (Lipinski definition) is 4. The number of aromatic nitrogens is 2. The first-order chi connectivity index (χ1) is 10.2. The van der Waals surface area contributed by atoms with Crippen molar-refractivity contribution in [3.63, 3.8) is 0 Å². The Balaban J connectivity index is 1.60. The molecule has 3 heterocycles. The molecule has 1 amide bonds. The first-order valence-electron chi connectivity index (χ1n) is 6.95. The van der Waals surface area contributed by atoms with Gasteiger partial charge in [0, 0.05) is 36.8 Å². The van der Waals surface area contributed by atoms with E-state index in [1.165, 1.54) is 0 Å². The van der Waals surface area contributed by atoms with Gasteiger partial charge < -0.3 is 10.1 Å². The predicted molar refractivity (Wildman–Crippen MR) is 82.5 cm³/mol. The van der Waals surface area contributed by atoms with Crippen molar-refractivity contribution >= 4 is 27.5 Å². The predicted octanol–water partition coefficient (Wildman–Crippen LogP) is 1.16. The van der Waals surface area contributed by atoms with E-state index in [4.69, 9.17) is 4.74 Å². The first kappa shape index (κ1) is 14.5. The molecule has 0 aromatic carbocycles. The smallest absolute Gasteiger partial charge is 0.269 e. The molecular formula is C14H17BrN4O2. The molecule has 0 atom stereocenters. The summed E-state index contributed by atoms with van der Waals surface area (Å²) in [4.78, 5) is 18.8. The quantitative estimate of drug-likeness (QED) is 0.896. The van der Waals surface area contributed by atoms with Crippen LogP contribution in [0.5, 0.6) is 0 Å². The number of imidazole rings is 1. The molecule has 2 aromatic rings. The molecule has 0 radical (unpaired) electrons. The summed E-state index contributed by atoms with van der Waals surface area (Å²) < 4.78 is 8.00. The number of rotatable bonds is 4. The summed E-state index contributed by atoms with van der Waals surface area (Å²) in [5.74, 6) is -0.103. The van der Waals surface area contributed by atoms with Crippen LogP contribution in [-0.4, -0.2) is 59.6 Å². The summed E-state index contributed by atoms with van der Waals surface area (Å²) in [5.41, 5.74) is 1.31. The van der Waals surface area contributed by atoms with Gasteiger partial charge in [0.05, 0.1) is 19.4 Å². The molecule has 3 rings (SSSR count). The van der Waals surface area contributed by atoms with Crippen LogP contribution in [0.1, 0.15) is 10.5 Å². The molecule has 0 aliphatic carbocycles. The number of hydrogen-bond donors (Lipinski definition) is 1. The monoisotopic (exact) mass is 352 g/mol. The lowest BCUT2D eigenvalue weighted by Crippen LogP contribution is -2.41. The number of fused-ring (bicyclic) bond motifs is 1. The number of halogens is 1. The Morgan fingerprint density at radius 3 is 3.00 bits per heavy atom. The fraction of sp³-hybridized carbons (Fsp3) is 0.429. The third kappa shape index (κ3) is 3.42. The molecule has 7 heteroatoms. The van der Waals surface area contributed by atoms with Gasteiger partial charge in [0.15, 0.2) is 0 Å². The average molecular weight is 353 g/mol. The summed E-state index contributed by atoms with van der Waals surface area (Å²) in [5, 5.41) is 2.95. The Kier molecular flexibility index (Phi) is 4.52. The number of amides is 1. The van der Waals surface area contributed by atoms with Crippen LogP contribution < -0.4 is 5.32 Å². The van der Waals surface area contributed by atoms with Gasteiger partial charge in [0.2, 0.25) is 0 Å². The SMILES string of the molecule is O=C(NCCN1CCOCC1)c1cnc2ccc(Br)cn12. The van der Waals surface area contributed by atoms with E-state index >= 15 is 0 Å². The molecule has 2 aromatic heterocycles. The van der Waals surface area contributed by atoms with Crippen molar-refractivity contribution in [3.8, 4) is 0 Å². The lowest BCUT2D eigenvalue weighted by atomic mass is 10.4. The number of nitrogens with one attached hydrogen (secondary N) is 1. The summed E-state index contributed by atoms with van der Waals surface area (Å²) in [7, 11) is 0. The molecule has 0 unspecified atom stereocenters. The van der Waals surface area contributed by atoms with Gasteiger partial charge in [-0.3, -0.25) is 14.1 Å². The minimum atomic E-state index is -0.103. The summed E-state index contributed by atoms with van der Waals surface area (Å²) in [6.07, 6.45) is 3.45. The molecule has 0 saturated carbocycles. The van der Waals surface area contributed by atoms with Gasteiger partial charge in [-0.25, -0.2) is 4.98 Å². The number of carbonyl (C=O) groups is 1. The Labute approximate surface area is 131 Å². The van der Waals surface area contributed by atoms with E-state index in [1.54, 1.807) is 10.6 Å². The lowest BCUT2D eigenvalue weighted by Gasteiger charge is -2.26. The highest BCUT2D eigenvalue weighted by Crippen LogP contribution is 2.13. The Bertz CT molecular complexity index is 637. The molecule has 0 spiro atoms. The highest BCUT2D eigenvalue weighted by atomic mass is 79.9. The molecule has 21 heavy (non-hydrogen) atoms. The molecule has 1 aliphatic rings. The van der Waals surface area contributed by atoms with Crippen LogP contribution in [0.15, 0.2) is 29.0 Å². The van der Waals surface area contributed by atoms with Gasteiger partial charge in [-0.15, -0.1) is 0 Å². The van der Waals surface area contributed by atoms with E-state index < -0.39 is 0 Å². The van der Waals surface area contributed by atoms with Gasteiger partial charge in [-0.05, 0) is 28.1 Å². The zero-order valence-electron chi connectivity index (χ0n) is 11.6. The molecule has 1 saturated heterocycles. The number of pyridine rings is 1. The van der Waals surface area contributed by atoms with Crippen LogP contribution in [-0.2, 0) is 4.74 Å². The van der Waals surface area contributed by atoms with Crippen molar-refractivity contribution in [3.05, 3.63) is 34.7 Å². The standard InChI is InChI=1S/C14H17BrN4O2/c15-11-1-2-13-17-9-12(19(13)10-11)14(20)16-3-4-18-5-7-21-8-6-18/h1-2,9-10H,3-8H2,(H,16,20). The van der Waals surface area contributed by atoms with Gasteiger partial charge in [-0.1, -0.05) is 0 Å². The Morgan fingerprint density at radius 1 is 1.38 bits per heavy atom. The number of nitrogens with zero attached hydrogens (tertiary/aromatic N) is 3. The molecule has 1 N–H and O–H groups in total. The lowest BCUT2D eigenvalue weighted by molar-refractivity contribution is 0.0383. The summed E-state index contributed by atoms with van der Waals surface area (Å²) in [6, 6.07) is 3.77. The van der Waals surface area contributed by atoms with Crippen molar-refractivity contribution in [1.82, 2.24) is 19.6 Å². The largest absolute Gasteiger partial charge is 0.379 e. The minimum absolute atomic E-state index is 0.103. The van der Waals surface area contributed by atoms with Gasteiger partial charge >= 0.3 is 0 Å². The third-order valence-electron chi connectivity index (χ3n) is 3.52. The number of morpholine rings is 1. The molecule has 6 nitrogen and oxygen atoms in total. The van der Waals surface area contributed by atoms with Crippen LogP contribution in [0.3, 0.4) is 0 Å². The average Bonchev–Trinajstić information content (AvgIpc) is 2.91. The van der Waals surface area contributed by atoms with Crippen molar-refractivity contribution < 1.29 is 9.53 Å². The van der Waals surface area contributed by atoms with Gasteiger partial charge in [0.1, 0.15) is 11.3 Å². The second-order valence-corrected chi connectivity index (χ2v) is 5.84. The molecule has 1 aliphatic heterocycles. The van der Waals surface area contributed by atoms with E-state index in [-0.39, 0.29) is 5.91 Å². The van der Waals surface area contributed by atoms with Crippen LogP contribution in [0.2, 0.25) is 0 Å². The fourth-order valence-corrected chi connectivity index (χ4v) is 2.70. The van der Waals surface area contributed by atoms with Crippen molar-refractivity contribution in [1.29, 1.82) is 0 Å². The highest BCUT2D eigenvalue weighted by molar-refractivity contribution is 9.10. The number of carbonyl (C=O) groups excluding carboxylic acids is 1. The molecule has 0 bridgehead atoms. The summed E-state index contributed by atoms with van der Waals surface area (Å²) >= 11 is 3.41. The first-order valence-corrected chi connectivity index (χ1v) is 7.74. The van der Waals surface area contributed by atoms with Crippen molar-refractivity contribution in [2.45, 2.75) is 0 Å². The zero-order chi connectivity index (χ0) is 14.7. The molecule has 112 valence electrons. The summed E-state index contributed by atoms with van der Waals surface area (Å²) in [6.45, 7) is 4.87. The van der Waals surface area contributed by atoms with Crippen LogP contribution in [0, 0.1) is 0 Å². The molecular weight excluding hydrogens is 336 g/mol. The van der Waals surface area contributed by atoms with Crippen molar-refractivity contribution in [2.24, 2.45) is 0 Å². The van der Waals surface area contributed by atoms with Crippen LogP contribution in [0.25, 0.3) is 5.65 Å². The van der Waals surface area contributed by atoms with Gasteiger partial charge in [0.25, 0.3) is 5.91 Å². The van der Waals surface area contributed by atoms with Gasteiger partial charge in [-0.2, -0.15) is 0 Å². The van der Waals surface area contributed by atoms with E-state index in [2.05, 4.69) is 31.1 Å². The van der Waals surface area contributed by atoms with E-state index in [0.29, 0.717) is 12.2 Å². The molecule has 1 fully saturated rings. The van der Waals surface area contributed by atoms with Crippen molar-refractivity contribution in [2.75, 3.05) is 39.4 Å². The maximum atomic E-state index is 12.2. The van der Waals surface area contributed by atoms with Crippen LogP contribution in [0.4, 0.5) is 0 Å². The Morgan fingerprint density at radius 2 is 2.19 bits per heavy atom. The second-order valence-electron chi connectivity index (χ2n) is 4.93. The topological polar surface area (TPSA) is 58.9 Å². The Hall–Kier alpha value is -1.44. The van der Waals surface area contributed by atoms with E-state index in [0.717, 1.165) is 43.0 Å². The minimum Gasteiger partial charge on any atom is -0.379 e. The maximum absolute atomic E-state index is 12.2. The fourth-order valence-electron chi connectivity index (χ4n) is 2.37. The normalized spacial score (nSPS) is 16.2.